The van der Waals surface area contributed by atoms with Gasteiger partial charge in [-0.3, -0.25) is 0 Å². The summed E-state index contributed by atoms with van der Waals surface area (Å²) in [5.74, 6) is -0.850. The minimum absolute atomic E-state index is 0.408. The second-order valence-corrected chi connectivity index (χ2v) is 3.73. The molecular weight excluding hydrogens is 186 g/mol. The van der Waals surface area contributed by atoms with E-state index in [4.69, 9.17) is 5.11 Å². The van der Waals surface area contributed by atoms with Gasteiger partial charge in [-0.05, 0) is 24.3 Å². The maximum atomic E-state index is 10.8. The fraction of sp³-hybridized carbons (Fsp3) is 0.444. The van der Waals surface area contributed by atoms with E-state index in [9.17, 15) is 4.79 Å². The maximum absolute atomic E-state index is 10.8. The Hall–Kier alpha value is -1.03. The second kappa shape index (κ2) is 4.28. The van der Waals surface area contributed by atoms with Crippen molar-refractivity contribution in [3.63, 3.8) is 0 Å². The molecule has 0 aliphatic carbocycles. The molecule has 1 rings (SSSR count). The Morgan fingerprint density at radius 1 is 1.69 bits per heavy atom. The highest BCUT2D eigenvalue weighted by Crippen LogP contribution is 2.27. The van der Waals surface area contributed by atoms with Crippen LogP contribution in [0.5, 0.6) is 0 Å². The third-order valence-electron chi connectivity index (χ3n) is 1.72. The lowest BCUT2D eigenvalue weighted by Gasteiger charge is -2.04. The van der Waals surface area contributed by atoms with Crippen molar-refractivity contribution in [1.29, 1.82) is 0 Å². The molecule has 0 aliphatic rings. The normalized spacial score (nSPS) is 10.0. The third kappa shape index (κ3) is 2.21. The van der Waals surface area contributed by atoms with Crippen LogP contribution in [-0.4, -0.2) is 17.6 Å². The van der Waals surface area contributed by atoms with E-state index in [1.807, 2.05) is 12.3 Å². The smallest absolute Gasteiger partial charge is 0.348 e. The molecule has 13 heavy (non-hydrogen) atoms. The predicted molar refractivity (Wildman–Crippen MR) is 54.8 cm³/mol. The molecule has 72 valence electrons. The molecule has 3 nitrogen and oxygen atoms in total. The first-order valence-corrected chi connectivity index (χ1v) is 5.10. The highest BCUT2D eigenvalue weighted by molar-refractivity contribution is 7.12. The van der Waals surface area contributed by atoms with E-state index in [1.165, 1.54) is 11.3 Å². The van der Waals surface area contributed by atoms with Crippen LogP contribution in [0.4, 0.5) is 5.69 Å². The van der Waals surface area contributed by atoms with Gasteiger partial charge in [0.1, 0.15) is 4.88 Å². The van der Waals surface area contributed by atoms with Gasteiger partial charge in [-0.25, -0.2) is 4.79 Å². The number of anilines is 1. The zero-order valence-electron chi connectivity index (χ0n) is 7.76. The van der Waals surface area contributed by atoms with Gasteiger partial charge in [0.25, 0.3) is 0 Å². The number of hydrogen-bond donors (Lipinski definition) is 2. The minimum atomic E-state index is -0.850. The van der Waals surface area contributed by atoms with Crippen LogP contribution < -0.4 is 5.32 Å². The van der Waals surface area contributed by atoms with Crippen LogP contribution in [0.2, 0.25) is 0 Å². The summed E-state index contributed by atoms with van der Waals surface area (Å²) in [7, 11) is 0. The van der Waals surface area contributed by atoms with Crippen LogP contribution in [-0.2, 0) is 0 Å². The van der Waals surface area contributed by atoms with Gasteiger partial charge in [-0.2, -0.15) is 0 Å². The van der Waals surface area contributed by atoms with E-state index in [0.717, 1.165) is 24.2 Å². The Balaban J connectivity index is 2.88. The molecule has 0 amide bonds. The maximum Gasteiger partial charge on any atom is 0.348 e. The Bertz CT molecular complexity index is 307. The molecule has 1 aromatic heterocycles. The van der Waals surface area contributed by atoms with Gasteiger partial charge < -0.3 is 10.4 Å². The summed E-state index contributed by atoms with van der Waals surface area (Å²) in [5.41, 5.74) is 1.79. The number of nitrogens with one attached hydrogen (secondary N) is 1. The van der Waals surface area contributed by atoms with Crippen molar-refractivity contribution in [3.8, 4) is 0 Å². The minimum Gasteiger partial charge on any atom is -0.477 e. The summed E-state index contributed by atoms with van der Waals surface area (Å²) in [6.45, 7) is 4.79. The topological polar surface area (TPSA) is 49.3 Å². The van der Waals surface area contributed by atoms with E-state index in [1.54, 1.807) is 0 Å². The lowest BCUT2D eigenvalue weighted by Crippen LogP contribution is -2.04. The zero-order valence-corrected chi connectivity index (χ0v) is 8.57. The SMILES string of the molecule is CCCNc1c(C)csc1C(=O)O. The summed E-state index contributed by atoms with van der Waals surface area (Å²) in [5, 5.41) is 13.8. The average Bonchev–Trinajstić information content (AvgIpc) is 2.43. The largest absolute Gasteiger partial charge is 0.477 e. The summed E-state index contributed by atoms with van der Waals surface area (Å²) in [6.07, 6.45) is 0.994. The number of carboxylic acid groups (broad SMARTS) is 1. The number of carboxylic acids is 1. The Labute approximate surface area is 81.4 Å². The Morgan fingerprint density at radius 3 is 2.92 bits per heavy atom. The average molecular weight is 199 g/mol. The number of carbonyl (C=O) groups is 1. The third-order valence-corrected chi connectivity index (χ3v) is 2.81. The van der Waals surface area contributed by atoms with Crippen molar-refractivity contribution < 1.29 is 9.90 Å². The first-order valence-electron chi connectivity index (χ1n) is 4.22. The molecule has 1 heterocycles. The second-order valence-electron chi connectivity index (χ2n) is 2.85. The van der Waals surface area contributed by atoms with Gasteiger partial charge in [0, 0.05) is 6.54 Å². The van der Waals surface area contributed by atoms with Gasteiger partial charge >= 0.3 is 5.97 Å². The molecule has 0 unspecified atom stereocenters. The number of hydrogen-bond acceptors (Lipinski definition) is 3. The standard InChI is InChI=1S/C9H13NO2S/c1-3-4-10-7-6(2)5-13-8(7)9(11)12/h5,10H,3-4H2,1-2H3,(H,11,12). The predicted octanol–water partition coefficient (Wildman–Crippen LogP) is 2.58. The molecule has 4 heteroatoms. The van der Waals surface area contributed by atoms with Crippen LogP contribution in [0, 0.1) is 6.92 Å². The van der Waals surface area contributed by atoms with Gasteiger partial charge in [0.05, 0.1) is 5.69 Å². The molecule has 0 atom stereocenters. The highest BCUT2D eigenvalue weighted by Gasteiger charge is 2.13. The monoisotopic (exact) mass is 199 g/mol. The summed E-state index contributed by atoms with van der Waals surface area (Å²) >= 11 is 1.27. The summed E-state index contributed by atoms with van der Waals surface area (Å²) < 4.78 is 0. The van der Waals surface area contributed by atoms with Crippen molar-refractivity contribution in [2.75, 3.05) is 11.9 Å². The van der Waals surface area contributed by atoms with Crippen molar-refractivity contribution in [2.24, 2.45) is 0 Å². The first kappa shape index (κ1) is 10.1. The lowest BCUT2D eigenvalue weighted by atomic mass is 10.2. The van der Waals surface area contributed by atoms with Crippen LogP contribution in [0.15, 0.2) is 5.38 Å². The molecule has 0 bridgehead atoms. The van der Waals surface area contributed by atoms with Crippen LogP contribution in [0.3, 0.4) is 0 Å². The molecule has 0 aromatic carbocycles. The fourth-order valence-electron chi connectivity index (χ4n) is 1.07. The molecule has 0 saturated carbocycles. The summed E-state index contributed by atoms with van der Waals surface area (Å²) in [4.78, 5) is 11.2. The van der Waals surface area contributed by atoms with E-state index >= 15 is 0 Å². The molecule has 1 aromatic rings. The van der Waals surface area contributed by atoms with Crippen molar-refractivity contribution >= 4 is 23.0 Å². The van der Waals surface area contributed by atoms with Crippen LogP contribution >= 0.6 is 11.3 Å². The molecule has 0 spiro atoms. The van der Waals surface area contributed by atoms with Gasteiger partial charge in [-0.15, -0.1) is 11.3 Å². The molecule has 0 radical (unpaired) electrons. The fourth-order valence-corrected chi connectivity index (χ4v) is 1.94. The van der Waals surface area contributed by atoms with E-state index < -0.39 is 5.97 Å². The molecule has 0 saturated heterocycles. The van der Waals surface area contributed by atoms with E-state index in [-0.39, 0.29) is 0 Å². The number of aryl methyl sites for hydroxylation is 1. The van der Waals surface area contributed by atoms with Crippen molar-refractivity contribution in [2.45, 2.75) is 20.3 Å². The van der Waals surface area contributed by atoms with Crippen molar-refractivity contribution in [1.82, 2.24) is 0 Å². The van der Waals surface area contributed by atoms with E-state index in [2.05, 4.69) is 12.2 Å². The number of aromatic carboxylic acids is 1. The van der Waals surface area contributed by atoms with Crippen LogP contribution in [0.1, 0.15) is 28.6 Å². The van der Waals surface area contributed by atoms with Crippen LogP contribution in [0.25, 0.3) is 0 Å². The molecule has 0 aliphatic heterocycles. The van der Waals surface area contributed by atoms with Gasteiger partial charge in [0.2, 0.25) is 0 Å². The summed E-state index contributed by atoms with van der Waals surface area (Å²) in [6, 6.07) is 0. The quantitative estimate of drug-likeness (QED) is 0.783. The number of rotatable bonds is 4. The highest BCUT2D eigenvalue weighted by atomic mass is 32.1. The molecule has 2 N–H and O–H groups in total. The molecular formula is C9H13NO2S. The van der Waals surface area contributed by atoms with Crippen molar-refractivity contribution in [3.05, 3.63) is 15.8 Å². The Morgan fingerprint density at radius 2 is 2.38 bits per heavy atom. The number of thiophene rings is 1. The lowest BCUT2D eigenvalue weighted by molar-refractivity contribution is 0.0703. The zero-order chi connectivity index (χ0) is 9.84. The van der Waals surface area contributed by atoms with Gasteiger partial charge in [-0.1, -0.05) is 6.92 Å². The van der Waals surface area contributed by atoms with E-state index in [0.29, 0.717) is 4.88 Å². The van der Waals surface area contributed by atoms with Gasteiger partial charge in [0.15, 0.2) is 0 Å². The molecule has 0 fully saturated rings. The Kier molecular flexibility index (Phi) is 3.31. The first-order chi connectivity index (χ1) is 6.16.